The second kappa shape index (κ2) is 10.4. The number of aryl methyl sites for hydroxylation is 1. The number of ether oxygens (including phenoxy) is 2. The van der Waals surface area contributed by atoms with Gasteiger partial charge in [0.1, 0.15) is 18.0 Å². The third kappa shape index (κ3) is 4.78. The van der Waals surface area contributed by atoms with Crippen molar-refractivity contribution in [2.45, 2.75) is 90.7 Å². The number of hydrogen-bond donors (Lipinski definition) is 3. The lowest BCUT2D eigenvalue weighted by Gasteiger charge is -2.31. The molecule has 1 amide bonds. The van der Waals surface area contributed by atoms with Gasteiger partial charge in [-0.2, -0.15) is 0 Å². The van der Waals surface area contributed by atoms with Crippen LogP contribution >= 0.6 is 0 Å². The molecule has 11 heteroatoms. The number of rotatable bonds is 6. The largest absolute Gasteiger partial charge is 0.458 e. The zero-order chi connectivity index (χ0) is 30.8. The summed E-state index contributed by atoms with van der Waals surface area (Å²) in [6.07, 6.45) is 1.65. The molecule has 3 N–H and O–H groups in total. The van der Waals surface area contributed by atoms with E-state index in [9.17, 15) is 19.5 Å². The van der Waals surface area contributed by atoms with Gasteiger partial charge in [-0.25, -0.2) is 19.0 Å². The number of cyclic esters (lactones) is 1. The molecule has 0 saturated carbocycles. The number of fused-ring (bicyclic) bond motifs is 5. The third-order valence-electron chi connectivity index (χ3n) is 8.79. The summed E-state index contributed by atoms with van der Waals surface area (Å²) in [7, 11) is 0. The van der Waals surface area contributed by atoms with E-state index in [1.54, 1.807) is 24.5 Å². The zero-order valence-corrected chi connectivity index (χ0v) is 25.1. The van der Waals surface area contributed by atoms with E-state index in [0.29, 0.717) is 48.4 Å². The summed E-state index contributed by atoms with van der Waals surface area (Å²) in [6.45, 7) is 10.0. The summed E-state index contributed by atoms with van der Waals surface area (Å²) in [4.78, 5) is 43.2. The van der Waals surface area contributed by atoms with Crippen LogP contribution in [0.1, 0.15) is 86.4 Å². The van der Waals surface area contributed by atoms with Gasteiger partial charge in [-0.3, -0.25) is 4.79 Å². The number of aliphatic hydroxyl groups is 1. The molecule has 2 aliphatic heterocycles. The van der Waals surface area contributed by atoms with E-state index in [-0.39, 0.29) is 48.1 Å². The molecule has 6 rings (SSSR count). The average molecular weight is 593 g/mol. The van der Waals surface area contributed by atoms with Gasteiger partial charge < -0.3 is 29.8 Å². The van der Waals surface area contributed by atoms with Crippen molar-refractivity contribution in [1.29, 1.82) is 0 Å². The highest BCUT2D eigenvalue weighted by molar-refractivity contribution is 5.93. The standard InChI is InChI=1S/C32H37FN4O6/c1-6-32(41)20-12-24-27-18(14-37(24)28(38)19(20)15-42-29(32)39)26-22(34-10-7-11-35-30(40)43-31(3,4)5)9-8-17-16(2)21(33)13-23(36-27)25(17)26/h12-13,22,34,41H,6-11,14-15H2,1-5H3,(H,35,40)/t22-,32-/m0/s1. The Labute approximate surface area is 248 Å². The Morgan fingerprint density at radius 2 is 2.00 bits per heavy atom. The smallest absolute Gasteiger partial charge is 0.407 e. The topological polar surface area (TPSA) is 132 Å². The van der Waals surface area contributed by atoms with Gasteiger partial charge in [0, 0.05) is 35.2 Å². The summed E-state index contributed by atoms with van der Waals surface area (Å²) in [5.41, 5.74) is 2.60. The number of halogens is 1. The van der Waals surface area contributed by atoms with Crippen LogP contribution in [0.2, 0.25) is 0 Å². The highest BCUT2D eigenvalue weighted by Gasteiger charge is 2.46. The van der Waals surface area contributed by atoms with Gasteiger partial charge in [-0.15, -0.1) is 0 Å². The predicted octanol–water partition coefficient (Wildman–Crippen LogP) is 4.02. The Bertz CT molecular complexity index is 1740. The summed E-state index contributed by atoms with van der Waals surface area (Å²) in [5, 5.41) is 18.5. The number of benzene rings is 1. The molecular weight excluding hydrogens is 555 g/mol. The first-order chi connectivity index (χ1) is 20.3. The van der Waals surface area contributed by atoms with Crippen LogP contribution in [0.25, 0.3) is 22.3 Å². The molecule has 2 aromatic heterocycles. The van der Waals surface area contributed by atoms with Crippen LogP contribution in [0.5, 0.6) is 0 Å². The molecule has 0 saturated heterocycles. The number of alkyl carbamates (subject to hydrolysis) is 1. The number of amides is 1. The monoisotopic (exact) mass is 592 g/mol. The minimum atomic E-state index is -1.93. The Balaban J connectivity index is 1.38. The molecule has 1 aliphatic carbocycles. The maximum absolute atomic E-state index is 15.1. The third-order valence-corrected chi connectivity index (χ3v) is 8.79. The number of esters is 1. The van der Waals surface area contributed by atoms with E-state index in [1.165, 1.54) is 6.07 Å². The lowest BCUT2D eigenvalue weighted by Crippen LogP contribution is -2.44. The van der Waals surface area contributed by atoms with E-state index < -0.39 is 23.3 Å². The molecule has 2 atom stereocenters. The number of carbonyl (C=O) groups is 2. The quantitative estimate of drug-likeness (QED) is 0.226. The van der Waals surface area contributed by atoms with Crippen LogP contribution in [0.15, 0.2) is 16.9 Å². The minimum absolute atomic E-state index is 0.0492. The predicted molar refractivity (Wildman–Crippen MR) is 157 cm³/mol. The van der Waals surface area contributed by atoms with E-state index in [4.69, 9.17) is 14.5 Å². The fourth-order valence-electron chi connectivity index (χ4n) is 6.63. The van der Waals surface area contributed by atoms with Gasteiger partial charge in [0.25, 0.3) is 5.56 Å². The molecule has 1 aromatic carbocycles. The number of aromatic nitrogens is 2. The Morgan fingerprint density at radius 1 is 1.23 bits per heavy atom. The number of pyridine rings is 2. The average Bonchev–Trinajstić information content (AvgIpc) is 3.32. The number of hydrogen-bond acceptors (Lipinski definition) is 8. The van der Waals surface area contributed by atoms with Crippen molar-refractivity contribution < 1.29 is 28.6 Å². The van der Waals surface area contributed by atoms with E-state index >= 15 is 4.39 Å². The second-order valence-electron chi connectivity index (χ2n) is 12.6. The molecular formula is C32H37FN4O6. The number of carbonyl (C=O) groups excluding carboxylic acids is 2. The van der Waals surface area contributed by atoms with E-state index in [2.05, 4.69) is 10.6 Å². The zero-order valence-electron chi connectivity index (χ0n) is 25.1. The van der Waals surface area contributed by atoms with Crippen LogP contribution in [-0.2, 0) is 39.4 Å². The van der Waals surface area contributed by atoms with Crippen molar-refractivity contribution in [2.75, 3.05) is 13.1 Å². The van der Waals surface area contributed by atoms with Crippen molar-refractivity contribution >= 4 is 23.0 Å². The van der Waals surface area contributed by atoms with Crippen LogP contribution in [0.4, 0.5) is 9.18 Å². The highest BCUT2D eigenvalue weighted by Crippen LogP contribution is 2.45. The maximum atomic E-state index is 15.1. The van der Waals surface area contributed by atoms with E-state index in [0.717, 1.165) is 28.5 Å². The fraction of sp³-hybridized carbons (Fsp3) is 0.500. The number of nitrogens with one attached hydrogen (secondary N) is 2. The Hall–Kier alpha value is -3.83. The van der Waals surface area contributed by atoms with Gasteiger partial charge in [0.05, 0.1) is 29.0 Å². The SMILES string of the molecule is CC[C@@]1(O)C(=O)OCc2c1cc1n(c2=O)Cc2c-1nc1cc(F)c(C)c3c1c2[C@@H](NCCCNC(=O)OC(C)(C)C)CC3. The first-order valence-corrected chi connectivity index (χ1v) is 14.9. The van der Waals surface area contributed by atoms with Gasteiger partial charge in [-0.1, -0.05) is 6.92 Å². The van der Waals surface area contributed by atoms with Gasteiger partial charge >= 0.3 is 12.1 Å². The molecule has 43 heavy (non-hydrogen) atoms. The first-order valence-electron chi connectivity index (χ1n) is 14.9. The summed E-state index contributed by atoms with van der Waals surface area (Å²) >= 11 is 0. The molecule has 0 spiro atoms. The van der Waals surface area contributed by atoms with Crippen molar-refractivity contribution in [1.82, 2.24) is 20.2 Å². The van der Waals surface area contributed by atoms with Gasteiger partial charge in [-0.05, 0) is 82.7 Å². The van der Waals surface area contributed by atoms with Crippen LogP contribution < -0.4 is 16.2 Å². The molecule has 228 valence electrons. The normalized spacial score (nSPS) is 20.3. The van der Waals surface area contributed by atoms with Crippen LogP contribution in [0.3, 0.4) is 0 Å². The second-order valence-corrected chi connectivity index (χ2v) is 12.6. The minimum Gasteiger partial charge on any atom is -0.458 e. The molecule has 10 nitrogen and oxygen atoms in total. The van der Waals surface area contributed by atoms with Crippen molar-refractivity contribution in [3.63, 3.8) is 0 Å². The molecule has 0 radical (unpaired) electrons. The van der Waals surface area contributed by atoms with Crippen LogP contribution in [-0.4, -0.2) is 45.4 Å². The van der Waals surface area contributed by atoms with Gasteiger partial charge in [0.15, 0.2) is 5.60 Å². The van der Waals surface area contributed by atoms with Gasteiger partial charge in [0.2, 0.25) is 0 Å². The summed E-state index contributed by atoms with van der Waals surface area (Å²) in [5.74, 6) is -1.11. The number of nitrogens with zero attached hydrogens (tertiary/aromatic N) is 2. The maximum Gasteiger partial charge on any atom is 0.407 e. The molecule has 3 aromatic rings. The molecule has 3 aliphatic rings. The van der Waals surface area contributed by atoms with E-state index in [1.807, 2.05) is 20.8 Å². The summed E-state index contributed by atoms with van der Waals surface area (Å²) < 4.78 is 27.2. The van der Waals surface area contributed by atoms with Crippen molar-refractivity contribution in [3.8, 4) is 11.4 Å². The van der Waals surface area contributed by atoms with Crippen molar-refractivity contribution in [3.05, 3.63) is 61.7 Å². The Morgan fingerprint density at radius 3 is 2.72 bits per heavy atom. The molecule has 4 heterocycles. The Kier molecular flexibility index (Phi) is 7.08. The lowest BCUT2D eigenvalue weighted by atomic mass is 9.81. The molecule has 0 fully saturated rings. The lowest BCUT2D eigenvalue weighted by molar-refractivity contribution is -0.172. The molecule has 0 unspecified atom stereocenters. The molecule has 0 bridgehead atoms. The fourth-order valence-corrected chi connectivity index (χ4v) is 6.63. The summed E-state index contributed by atoms with van der Waals surface area (Å²) in [6, 6.07) is 3.04. The van der Waals surface area contributed by atoms with Crippen LogP contribution in [0, 0.1) is 12.7 Å². The first kappa shape index (κ1) is 29.3. The van der Waals surface area contributed by atoms with Crippen molar-refractivity contribution in [2.24, 2.45) is 0 Å². The highest BCUT2D eigenvalue weighted by atomic mass is 19.1.